The van der Waals surface area contributed by atoms with Crippen molar-refractivity contribution in [2.75, 3.05) is 0 Å². The van der Waals surface area contributed by atoms with Crippen LogP contribution in [-0.2, 0) is 0 Å². The third kappa shape index (κ3) is 3.26. The molecule has 68 valence electrons. The number of rotatable bonds is 2. The van der Waals surface area contributed by atoms with E-state index in [-0.39, 0.29) is 0 Å². The fourth-order valence-electron chi connectivity index (χ4n) is 0.249. The van der Waals surface area contributed by atoms with Gasteiger partial charge in [0.2, 0.25) is 0 Å². The second kappa shape index (κ2) is 3.91. The van der Waals surface area contributed by atoms with Gasteiger partial charge in [-0.15, -0.1) is 78.6 Å². The molecule has 0 aromatic heterocycles. The van der Waals surface area contributed by atoms with E-state index < -0.39 is 16.3 Å². The van der Waals surface area contributed by atoms with Crippen molar-refractivity contribution < 1.29 is 0 Å². The summed E-state index contributed by atoms with van der Waals surface area (Å²) in [6, 6.07) is -3.27. The lowest BCUT2D eigenvalue weighted by atomic mass is 11.8. The van der Waals surface area contributed by atoms with E-state index in [4.69, 9.17) is 78.6 Å². The molecule has 0 bridgehead atoms. The third-order valence-electron chi connectivity index (χ3n) is 0.907. The van der Waals surface area contributed by atoms with Crippen molar-refractivity contribution in [2.45, 2.75) is 10.1 Å². The normalized spacial score (nSPS) is 15.3. The van der Waals surface area contributed by atoms with Crippen molar-refractivity contribution in [2.24, 2.45) is 0 Å². The Morgan fingerprint density at radius 2 is 1.18 bits per heavy atom. The molecule has 0 aliphatic carbocycles. The molecule has 0 amide bonds. The van der Waals surface area contributed by atoms with E-state index in [1.165, 1.54) is 6.55 Å². The molecule has 0 aromatic rings. The van der Waals surface area contributed by atoms with Crippen LogP contribution in [0.2, 0.25) is 6.55 Å². The van der Waals surface area contributed by atoms with E-state index >= 15 is 0 Å². The SMILES string of the molecule is C[Si](Cl)(Cl)C(Cl)(Cl)[Si](Cl)(Cl)Cl. The van der Waals surface area contributed by atoms with E-state index in [0.29, 0.717) is 0 Å². The average Bonchev–Trinajstić information content (AvgIpc) is 1.58. The molecule has 0 spiro atoms. The predicted octanol–water partition coefficient (Wildman–Crippen LogP) is 4.44. The van der Waals surface area contributed by atoms with E-state index in [1.807, 2.05) is 0 Å². The molecule has 0 atom stereocenters. The first-order valence-electron chi connectivity index (χ1n) is 2.32. The molecule has 0 fully saturated rings. The maximum absolute atomic E-state index is 5.73. The van der Waals surface area contributed by atoms with E-state index in [2.05, 4.69) is 0 Å². The monoisotopic (exact) mass is 328 g/mol. The molecule has 0 aliphatic heterocycles. The highest BCUT2D eigenvalue weighted by molar-refractivity contribution is 7.74. The topological polar surface area (TPSA) is 0 Å². The van der Waals surface area contributed by atoms with Crippen LogP contribution in [0.1, 0.15) is 0 Å². The van der Waals surface area contributed by atoms with Crippen molar-refractivity contribution in [1.82, 2.24) is 0 Å². The van der Waals surface area contributed by atoms with Gasteiger partial charge >= 0.3 is 6.00 Å². The summed E-state index contributed by atoms with van der Waals surface area (Å²) in [7, 11) is 0. The fourth-order valence-corrected chi connectivity index (χ4v) is 12.5. The van der Waals surface area contributed by atoms with Crippen molar-refractivity contribution in [3.63, 3.8) is 0 Å². The zero-order chi connectivity index (χ0) is 9.50. The lowest BCUT2D eigenvalue weighted by Crippen LogP contribution is -2.52. The summed E-state index contributed by atoms with van der Waals surface area (Å²) in [6.45, 7) is -1.37. The second-order valence-corrected chi connectivity index (χ2v) is 21.3. The molecule has 0 aromatic carbocycles. The quantitative estimate of drug-likeness (QED) is 0.399. The van der Waals surface area contributed by atoms with Gasteiger partial charge in [0.1, 0.15) is 0 Å². The van der Waals surface area contributed by atoms with Crippen molar-refractivity contribution >= 4 is 91.3 Å². The molecule has 9 heteroatoms. The summed E-state index contributed by atoms with van der Waals surface area (Å²) in [5.41, 5.74) is 0. The second-order valence-electron chi connectivity index (χ2n) is 1.96. The molecule has 0 saturated carbocycles. The first-order valence-corrected chi connectivity index (χ1v) is 12.6. The van der Waals surface area contributed by atoms with E-state index in [9.17, 15) is 0 Å². The smallest absolute Gasteiger partial charge is 0.143 e. The van der Waals surface area contributed by atoms with Gasteiger partial charge < -0.3 is 0 Å². The molecular formula is C2H3Cl7Si2. The summed E-state index contributed by atoms with van der Waals surface area (Å²) in [6.07, 6.45) is 0. The number of hydrogen-bond acceptors (Lipinski definition) is 0. The van der Waals surface area contributed by atoms with Crippen molar-refractivity contribution in [3.05, 3.63) is 0 Å². The lowest BCUT2D eigenvalue weighted by molar-refractivity contribution is 1.61. The largest absolute Gasteiger partial charge is 0.376 e. The molecular weight excluding hydrogens is 328 g/mol. The summed E-state index contributed by atoms with van der Waals surface area (Å²) in [5, 5.41) is 0. The van der Waals surface area contributed by atoms with Gasteiger partial charge in [0.25, 0.3) is 6.69 Å². The van der Waals surface area contributed by atoms with E-state index in [0.717, 1.165) is 0 Å². The molecule has 0 saturated heterocycles. The van der Waals surface area contributed by atoms with Gasteiger partial charge in [-0.1, -0.05) is 0 Å². The molecule has 0 nitrogen and oxygen atoms in total. The van der Waals surface area contributed by atoms with Crippen LogP contribution in [0.3, 0.4) is 0 Å². The Morgan fingerprint density at radius 1 is 0.909 bits per heavy atom. The molecule has 0 radical (unpaired) electrons. The molecule has 0 N–H and O–H groups in total. The summed E-state index contributed by atoms with van der Waals surface area (Å²) in [4.78, 5) is 0. The maximum atomic E-state index is 5.73. The summed E-state index contributed by atoms with van der Waals surface area (Å²) >= 11 is 39.6. The van der Waals surface area contributed by atoms with Crippen LogP contribution < -0.4 is 0 Å². The highest BCUT2D eigenvalue weighted by atomic mass is 35.8. The van der Waals surface area contributed by atoms with Gasteiger partial charge in [-0.2, -0.15) is 0 Å². The predicted molar refractivity (Wildman–Crippen MR) is 61.1 cm³/mol. The van der Waals surface area contributed by atoms with E-state index in [1.54, 1.807) is 0 Å². The standard InChI is InChI=1S/C2H3Cl7Si2/c1-10(5,6)2(3,4)11(7,8)9/h1H3. The molecule has 11 heavy (non-hydrogen) atoms. The average molecular weight is 331 g/mol. The Balaban J connectivity index is 4.75. The Kier molecular flexibility index (Phi) is 4.79. The zero-order valence-corrected chi connectivity index (χ0v) is 12.4. The molecule has 0 unspecified atom stereocenters. The maximum Gasteiger partial charge on any atom is 0.376 e. The van der Waals surface area contributed by atoms with Crippen LogP contribution in [0.5, 0.6) is 0 Å². The first-order chi connectivity index (χ1) is 4.50. The van der Waals surface area contributed by atoms with Crippen LogP contribution in [0.15, 0.2) is 0 Å². The Hall–Kier alpha value is 2.46. The van der Waals surface area contributed by atoms with Crippen LogP contribution in [-0.4, -0.2) is 16.3 Å². The fraction of sp³-hybridized carbons (Fsp3) is 1.00. The summed E-state index contributed by atoms with van der Waals surface area (Å²) < 4.78 is -1.58. The van der Waals surface area contributed by atoms with Gasteiger partial charge in [-0.3, -0.25) is 0 Å². The first kappa shape index (κ1) is 13.5. The Labute approximate surface area is 101 Å². The van der Waals surface area contributed by atoms with Gasteiger partial charge in [0.05, 0.1) is 0 Å². The molecule has 0 aliphatic rings. The van der Waals surface area contributed by atoms with Crippen LogP contribution in [0, 0.1) is 0 Å². The lowest BCUT2D eigenvalue weighted by Gasteiger charge is -2.31. The highest BCUT2D eigenvalue weighted by Gasteiger charge is 2.61. The van der Waals surface area contributed by atoms with Crippen LogP contribution in [0.4, 0.5) is 0 Å². The minimum Gasteiger partial charge on any atom is -0.143 e. The van der Waals surface area contributed by atoms with Gasteiger partial charge in [0, 0.05) is 0 Å². The van der Waals surface area contributed by atoms with Crippen LogP contribution in [0.25, 0.3) is 0 Å². The minimum absolute atomic E-state index is 1.50. The van der Waals surface area contributed by atoms with Crippen molar-refractivity contribution in [1.29, 1.82) is 0 Å². The Bertz CT molecular complexity index is 126. The number of alkyl halides is 2. The van der Waals surface area contributed by atoms with Gasteiger partial charge in [0.15, 0.2) is 3.58 Å². The van der Waals surface area contributed by atoms with Gasteiger partial charge in [-0.25, -0.2) is 0 Å². The minimum atomic E-state index is -3.27. The zero-order valence-electron chi connectivity index (χ0n) is 5.15. The molecule has 0 rings (SSSR count). The molecule has 0 heterocycles. The number of hydrogen-bond donors (Lipinski definition) is 0. The highest BCUT2D eigenvalue weighted by Crippen LogP contribution is 2.50. The summed E-state index contributed by atoms with van der Waals surface area (Å²) in [5.74, 6) is 0. The number of halogens is 7. The Morgan fingerprint density at radius 3 is 1.18 bits per heavy atom. The van der Waals surface area contributed by atoms with Crippen LogP contribution >= 0.6 is 78.6 Å². The van der Waals surface area contributed by atoms with Gasteiger partial charge in [-0.05, 0) is 6.55 Å². The van der Waals surface area contributed by atoms with Crippen molar-refractivity contribution in [3.8, 4) is 0 Å². The third-order valence-corrected chi connectivity index (χ3v) is 18.8.